The minimum absolute atomic E-state index is 0.0718. The number of benzene rings is 1. The van der Waals surface area contributed by atoms with Gasteiger partial charge in [0.05, 0.1) is 5.69 Å². The van der Waals surface area contributed by atoms with E-state index in [4.69, 9.17) is 5.53 Å². The summed E-state index contributed by atoms with van der Waals surface area (Å²) in [6.07, 6.45) is 2.03. The van der Waals surface area contributed by atoms with E-state index in [1.807, 2.05) is 6.92 Å². The van der Waals surface area contributed by atoms with Crippen LogP contribution in [0, 0.1) is 5.53 Å². The van der Waals surface area contributed by atoms with Crippen LogP contribution >= 0.6 is 0 Å². The summed E-state index contributed by atoms with van der Waals surface area (Å²) in [5.41, 5.74) is 7.97. The fourth-order valence-electron chi connectivity index (χ4n) is 1.50. The van der Waals surface area contributed by atoms with Crippen LogP contribution in [0.15, 0.2) is 29.4 Å². The second-order valence-corrected chi connectivity index (χ2v) is 3.82. The number of carbonyl (C=O) groups is 1. The third kappa shape index (κ3) is 3.46. The van der Waals surface area contributed by atoms with Crippen LogP contribution in [0.4, 0.5) is 5.69 Å². The van der Waals surface area contributed by atoms with Crippen molar-refractivity contribution in [3.63, 3.8) is 0 Å². The molecule has 0 aromatic heterocycles. The normalized spacial score (nSPS) is 11.9. The molecule has 0 spiro atoms. The number of rotatable bonds is 5. The highest BCUT2D eigenvalue weighted by molar-refractivity contribution is 5.94. The predicted octanol–water partition coefficient (Wildman–Crippen LogP) is 3.27. The molecule has 0 aliphatic heterocycles. The van der Waals surface area contributed by atoms with Gasteiger partial charge in [0.25, 0.3) is 5.91 Å². The summed E-state index contributed by atoms with van der Waals surface area (Å²) in [6.45, 7) is 4.09. The van der Waals surface area contributed by atoms with Gasteiger partial charge in [0.15, 0.2) is 0 Å². The Morgan fingerprint density at radius 3 is 2.56 bits per heavy atom. The largest absolute Gasteiger partial charge is 0.350 e. The molecular formula is C12H17N3O. The van der Waals surface area contributed by atoms with Crippen LogP contribution in [0.3, 0.4) is 0 Å². The zero-order valence-electron chi connectivity index (χ0n) is 9.66. The Kier molecular flexibility index (Phi) is 4.64. The smallest absolute Gasteiger partial charge is 0.251 e. The van der Waals surface area contributed by atoms with Gasteiger partial charge in [-0.25, -0.2) is 5.53 Å². The summed E-state index contributed by atoms with van der Waals surface area (Å²) in [5.74, 6) is -0.0718. The monoisotopic (exact) mass is 219 g/mol. The van der Waals surface area contributed by atoms with E-state index in [0.717, 1.165) is 12.8 Å². The number of amides is 1. The molecule has 2 N–H and O–H groups in total. The lowest BCUT2D eigenvalue weighted by Crippen LogP contribution is -2.32. The predicted molar refractivity (Wildman–Crippen MR) is 63.1 cm³/mol. The standard InChI is InChI=1S/C12H17N3O/c1-3-4-9(2)14-12(16)10-5-7-11(15-13)8-6-10/h5-9,13H,3-4H2,1-2H3,(H,14,16). The Labute approximate surface area is 95.6 Å². The van der Waals surface area contributed by atoms with E-state index < -0.39 is 0 Å². The number of nitrogens with zero attached hydrogens (tertiary/aromatic N) is 1. The maximum absolute atomic E-state index is 11.7. The minimum Gasteiger partial charge on any atom is -0.350 e. The fourth-order valence-corrected chi connectivity index (χ4v) is 1.50. The first-order chi connectivity index (χ1) is 7.67. The molecule has 4 nitrogen and oxygen atoms in total. The summed E-state index contributed by atoms with van der Waals surface area (Å²) in [6, 6.07) is 6.87. The van der Waals surface area contributed by atoms with Gasteiger partial charge in [-0.2, -0.15) is 5.11 Å². The quantitative estimate of drug-likeness (QED) is 0.733. The maximum Gasteiger partial charge on any atom is 0.251 e. The zero-order valence-corrected chi connectivity index (χ0v) is 9.66. The van der Waals surface area contributed by atoms with E-state index in [9.17, 15) is 4.79 Å². The molecule has 0 aliphatic rings. The van der Waals surface area contributed by atoms with Crippen molar-refractivity contribution in [3.05, 3.63) is 29.8 Å². The topological polar surface area (TPSA) is 65.3 Å². The SMILES string of the molecule is CCCC(C)NC(=O)c1ccc(N=N)cc1. The molecule has 4 heteroatoms. The van der Waals surface area contributed by atoms with Crippen molar-refractivity contribution in [2.45, 2.75) is 32.7 Å². The van der Waals surface area contributed by atoms with Crippen LogP contribution < -0.4 is 5.32 Å². The molecular weight excluding hydrogens is 202 g/mol. The summed E-state index contributed by atoms with van der Waals surface area (Å²) < 4.78 is 0. The van der Waals surface area contributed by atoms with Crippen LogP contribution in [0.2, 0.25) is 0 Å². The first kappa shape index (κ1) is 12.4. The second-order valence-electron chi connectivity index (χ2n) is 3.82. The van der Waals surface area contributed by atoms with Crippen LogP contribution in [-0.2, 0) is 0 Å². The molecule has 0 aliphatic carbocycles. The van der Waals surface area contributed by atoms with Crippen LogP contribution in [0.1, 0.15) is 37.0 Å². The van der Waals surface area contributed by atoms with Gasteiger partial charge in [-0.05, 0) is 37.6 Å². The van der Waals surface area contributed by atoms with Crippen LogP contribution in [0.25, 0.3) is 0 Å². The lowest BCUT2D eigenvalue weighted by molar-refractivity contribution is 0.0938. The summed E-state index contributed by atoms with van der Waals surface area (Å²) in [5, 5.41) is 6.20. The molecule has 16 heavy (non-hydrogen) atoms. The van der Waals surface area contributed by atoms with Gasteiger partial charge in [0.1, 0.15) is 0 Å². The summed E-state index contributed by atoms with van der Waals surface area (Å²) >= 11 is 0. The van der Waals surface area contributed by atoms with Crippen LogP contribution in [-0.4, -0.2) is 11.9 Å². The minimum atomic E-state index is -0.0718. The fraction of sp³-hybridized carbons (Fsp3) is 0.417. The molecule has 1 aromatic rings. The highest BCUT2D eigenvalue weighted by atomic mass is 16.1. The van der Waals surface area contributed by atoms with Gasteiger partial charge in [0.2, 0.25) is 0 Å². The van der Waals surface area contributed by atoms with E-state index in [1.54, 1.807) is 24.3 Å². The lowest BCUT2D eigenvalue weighted by atomic mass is 10.1. The molecule has 1 atom stereocenters. The Bertz CT molecular complexity index is 359. The number of hydrogen-bond acceptors (Lipinski definition) is 3. The van der Waals surface area contributed by atoms with E-state index in [2.05, 4.69) is 17.4 Å². The van der Waals surface area contributed by atoms with Crippen molar-refractivity contribution in [1.82, 2.24) is 5.32 Å². The van der Waals surface area contributed by atoms with Gasteiger partial charge in [-0.3, -0.25) is 4.79 Å². The van der Waals surface area contributed by atoms with Gasteiger partial charge >= 0.3 is 0 Å². The third-order valence-electron chi connectivity index (χ3n) is 2.36. The van der Waals surface area contributed by atoms with Crippen molar-refractivity contribution < 1.29 is 4.79 Å². The number of nitrogens with one attached hydrogen (secondary N) is 2. The average molecular weight is 219 g/mol. The van der Waals surface area contributed by atoms with E-state index in [1.165, 1.54) is 0 Å². The second kappa shape index (κ2) is 6.00. The summed E-state index contributed by atoms with van der Waals surface area (Å²) in [4.78, 5) is 11.7. The molecule has 1 rings (SSSR count). The van der Waals surface area contributed by atoms with Crippen molar-refractivity contribution in [1.29, 1.82) is 5.53 Å². The highest BCUT2D eigenvalue weighted by Gasteiger charge is 2.08. The Hall–Kier alpha value is -1.71. The van der Waals surface area contributed by atoms with Crippen molar-refractivity contribution >= 4 is 11.6 Å². The molecule has 86 valence electrons. The molecule has 1 amide bonds. The van der Waals surface area contributed by atoms with Crippen molar-refractivity contribution in [2.24, 2.45) is 5.11 Å². The third-order valence-corrected chi connectivity index (χ3v) is 2.36. The molecule has 1 aromatic carbocycles. The van der Waals surface area contributed by atoms with E-state index in [0.29, 0.717) is 11.3 Å². The van der Waals surface area contributed by atoms with Crippen molar-refractivity contribution in [2.75, 3.05) is 0 Å². The molecule has 0 bridgehead atoms. The van der Waals surface area contributed by atoms with E-state index in [-0.39, 0.29) is 11.9 Å². The molecule has 0 saturated carbocycles. The van der Waals surface area contributed by atoms with Gasteiger partial charge < -0.3 is 5.32 Å². The molecule has 0 radical (unpaired) electrons. The van der Waals surface area contributed by atoms with Crippen LogP contribution in [0.5, 0.6) is 0 Å². The Morgan fingerprint density at radius 1 is 1.44 bits per heavy atom. The molecule has 0 saturated heterocycles. The number of hydrogen-bond donors (Lipinski definition) is 2. The van der Waals surface area contributed by atoms with Gasteiger partial charge in [-0.15, -0.1) is 0 Å². The average Bonchev–Trinajstić information content (AvgIpc) is 2.29. The van der Waals surface area contributed by atoms with Gasteiger partial charge in [0, 0.05) is 11.6 Å². The number of carbonyl (C=O) groups excluding carboxylic acids is 1. The molecule has 1 unspecified atom stereocenters. The lowest BCUT2D eigenvalue weighted by Gasteiger charge is -2.12. The Morgan fingerprint density at radius 2 is 2.06 bits per heavy atom. The first-order valence-electron chi connectivity index (χ1n) is 5.45. The molecule has 0 fully saturated rings. The highest BCUT2D eigenvalue weighted by Crippen LogP contribution is 2.12. The maximum atomic E-state index is 11.7. The zero-order chi connectivity index (χ0) is 12.0. The van der Waals surface area contributed by atoms with Crippen molar-refractivity contribution in [3.8, 4) is 0 Å². The van der Waals surface area contributed by atoms with E-state index >= 15 is 0 Å². The molecule has 0 heterocycles. The first-order valence-corrected chi connectivity index (χ1v) is 5.45. The van der Waals surface area contributed by atoms with Gasteiger partial charge in [-0.1, -0.05) is 13.3 Å². The summed E-state index contributed by atoms with van der Waals surface area (Å²) in [7, 11) is 0. The Balaban J connectivity index is 2.62.